The molecular formula is C18H16ClN3O3S. The summed E-state index contributed by atoms with van der Waals surface area (Å²) >= 11 is 7.69. The van der Waals surface area contributed by atoms with Crippen LogP contribution in [-0.2, 0) is 11.2 Å². The molecule has 0 saturated carbocycles. The Kier molecular flexibility index (Phi) is 5.70. The Hall–Kier alpha value is -2.64. The highest BCUT2D eigenvalue weighted by Crippen LogP contribution is 2.26. The molecule has 3 rings (SSSR count). The number of carbonyl (C=O) groups excluding carboxylic acids is 2. The minimum Gasteiger partial charge on any atom is -0.472 e. The number of nitrogens with one attached hydrogen (secondary N) is 2. The van der Waals surface area contributed by atoms with Crippen LogP contribution in [0.1, 0.15) is 26.4 Å². The number of nitrogens with zero attached hydrogens (tertiary/aromatic N) is 1. The molecular weight excluding hydrogens is 374 g/mol. The van der Waals surface area contributed by atoms with Gasteiger partial charge in [0.05, 0.1) is 18.4 Å². The van der Waals surface area contributed by atoms with Crippen LogP contribution in [0.4, 0.5) is 5.13 Å². The van der Waals surface area contributed by atoms with Gasteiger partial charge in [-0.05, 0) is 24.1 Å². The first-order chi connectivity index (χ1) is 12.5. The van der Waals surface area contributed by atoms with Crippen molar-refractivity contribution in [1.29, 1.82) is 0 Å². The lowest BCUT2D eigenvalue weighted by Crippen LogP contribution is -2.32. The van der Waals surface area contributed by atoms with Gasteiger partial charge in [-0.2, -0.15) is 0 Å². The van der Waals surface area contributed by atoms with Crippen molar-refractivity contribution < 1.29 is 14.0 Å². The summed E-state index contributed by atoms with van der Waals surface area (Å²) in [6.45, 7) is 1.81. The molecule has 0 aliphatic carbocycles. The average Bonchev–Trinajstić information content (AvgIpc) is 3.29. The van der Waals surface area contributed by atoms with E-state index in [0.29, 0.717) is 17.1 Å². The number of carbonyl (C=O) groups is 2. The van der Waals surface area contributed by atoms with Crippen molar-refractivity contribution in [3.05, 3.63) is 69.6 Å². The summed E-state index contributed by atoms with van der Waals surface area (Å²) < 4.78 is 4.83. The molecule has 0 atom stereocenters. The molecule has 134 valence electrons. The van der Waals surface area contributed by atoms with Gasteiger partial charge in [-0.15, -0.1) is 11.3 Å². The largest absolute Gasteiger partial charge is 0.472 e. The highest BCUT2D eigenvalue weighted by molar-refractivity contribution is 7.15. The van der Waals surface area contributed by atoms with Gasteiger partial charge < -0.3 is 15.1 Å². The summed E-state index contributed by atoms with van der Waals surface area (Å²) in [5.74, 6) is -0.723. The zero-order chi connectivity index (χ0) is 18.5. The number of rotatable bonds is 6. The van der Waals surface area contributed by atoms with Crippen LogP contribution in [-0.4, -0.2) is 23.3 Å². The number of hydrogen-bond acceptors (Lipinski definition) is 5. The van der Waals surface area contributed by atoms with E-state index >= 15 is 0 Å². The molecule has 2 N–H and O–H groups in total. The first kappa shape index (κ1) is 18.2. The maximum Gasteiger partial charge on any atom is 0.254 e. The van der Waals surface area contributed by atoms with Crippen molar-refractivity contribution in [3.8, 4) is 0 Å². The molecule has 0 unspecified atom stereocenters. The number of furan rings is 1. The van der Waals surface area contributed by atoms with E-state index in [4.69, 9.17) is 16.0 Å². The number of aromatic nitrogens is 1. The number of thiazole rings is 1. The van der Waals surface area contributed by atoms with Crippen LogP contribution < -0.4 is 10.6 Å². The highest BCUT2D eigenvalue weighted by Gasteiger charge is 2.12. The van der Waals surface area contributed by atoms with Crippen molar-refractivity contribution in [1.82, 2.24) is 10.3 Å². The molecule has 0 aliphatic heterocycles. The third-order valence-electron chi connectivity index (χ3n) is 3.63. The van der Waals surface area contributed by atoms with Gasteiger partial charge in [0.2, 0.25) is 5.91 Å². The Morgan fingerprint density at radius 2 is 2.15 bits per heavy atom. The van der Waals surface area contributed by atoms with Gasteiger partial charge in [0.25, 0.3) is 5.91 Å². The average molecular weight is 390 g/mol. The number of anilines is 1. The molecule has 0 radical (unpaired) electrons. The molecule has 6 nitrogen and oxygen atoms in total. The number of halogens is 1. The monoisotopic (exact) mass is 389 g/mol. The zero-order valence-electron chi connectivity index (χ0n) is 13.9. The van der Waals surface area contributed by atoms with Gasteiger partial charge in [0.1, 0.15) is 6.26 Å². The summed E-state index contributed by atoms with van der Waals surface area (Å²) in [5, 5.41) is 6.41. The van der Waals surface area contributed by atoms with Gasteiger partial charge in [-0.1, -0.05) is 29.8 Å². The van der Waals surface area contributed by atoms with Gasteiger partial charge in [0.15, 0.2) is 5.13 Å². The summed E-state index contributed by atoms with van der Waals surface area (Å²) in [6, 6.07) is 7.42. The fourth-order valence-electron chi connectivity index (χ4n) is 2.30. The Balaban J connectivity index is 1.54. The van der Waals surface area contributed by atoms with Crippen LogP contribution in [0.3, 0.4) is 0 Å². The normalized spacial score (nSPS) is 10.5. The lowest BCUT2D eigenvalue weighted by Gasteiger charge is -2.05. The summed E-state index contributed by atoms with van der Waals surface area (Å²) in [4.78, 5) is 28.9. The molecule has 0 bridgehead atoms. The summed E-state index contributed by atoms with van der Waals surface area (Å²) in [6.07, 6.45) is 5.07. The second-order valence-electron chi connectivity index (χ2n) is 5.60. The second kappa shape index (κ2) is 8.16. The highest BCUT2D eigenvalue weighted by atomic mass is 35.5. The molecule has 2 aromatic heterocycles. The minimum absolute atomic E-state index is 0.150. The smallest absolute Gasteiger partial charge is 0.254 e. The maximum atomic E-state index is 11.9. The van der Waals surface area contributed by atoms with E-state index in [-0.39, 0.29) is 18.4 Å². The quantitative estimate of drug-likeness (QED) is 0.673. The van der Waals surface area contributed by atoms with Gasteiger partial charge in [-0.3, -0.25) is 9.59 Å². The van der Waals surface area contributed by atoms with Crippen molar-refractivity contribution in [2.45, 2.75) is 13.3 Å². The molecule has 0 saturated heterocycles. The molecule has 2 amide bonds. The topological polar surface area (TPSA) is 84.2 Å². The predicted octanol–water partition coefficient (Wildman–Crippen LogP) is 3.66. The zero-order valence-corrected chi connectivity index (χ0v) is 15.5. The van der Waals surface area contributed by atoms with Crippen molar-refractivity contribution in [2.24, 2.45) is 0 Å². The molecule has 0 spiro atoms. The van der Waals surface area contributed by atoms with Gasteiger partial charge in [-0.25, -0.2) is 4.98 Å². The Labute approximate surface area is 159 Å². The molecule has 1 aromatic carbocycles. The summed E-state index contributed by atoms with van der Waals surface area (Å²) in [7, 11) is 0. The van der Waals surface area contributed by atoms with Crippen LogP contribution in [0.2, 0.25) is 5.02 Å². The Bertz CT molecular complexity index is 922. The molecule has 0 aliphatic rings. The molecule has 2 heterocycles. The molecule has 0 fully saturated rings. The fraction of sp³-hybridized carbons (Fsp3) is 0.167. The van der Waals surface area contributed by atoms with E-state index in [0.717, 1.165) is 21.0 Å². The molecule has 3 aromatic rings. The van der Waals surface area contributed by atoms with Gasteiger partial charge in [0, 0.05) is 22.5 Å². The van der Waals surface area contributed by atoms with Gasteiger partial charge >= 0.3 is 0 Å². The third kappa shape index (κ3) is 4.50. The number of benzene rings is 1. The predicted molar refractivity (Wildman–Crippen MR) is 101 cm³/mol. The SMILES string of the molecule is Cc1cccc(Cc2cnc(NC(=O)CNC(=O)c3ccoc3)s2)c1Cl. The van der Waals surface area contributed by atoms with Crippen LogP contribution in [0.15, 0.2) is 47.4 Å². The number of amides is 2. The van der Waals surface area contributed by atoms with Crippen molar-refractivity contribution in [3.63, 3.8) is 0 Å². The van der Waals surface area contributed by atoms with Crippen molar-refractivity contribution >= 4 is 39.9 Å². The summed E-state index contributed by atoms with van der Waals surface area (Å²) in [5.41, 5.74) is 2.40. The van der Waals surface area contributed by atoms with E-state index in [9.17, 15) is 9.59 Å². The van der Waals surface area contributed by atoms with Crippen molar-refractivity contribution in [2.75, 3.05) is 11.9 Å². The minimum atomic E-state index is -0.372. The Morgan fingerprint density at radius 1 is 1.31 bits per heavy atom. The molecule has 8 heteroatoms. The lowest BCUT2D eigenvalue weighted by atomic mass is 10.1. The standard InChI is InChI=1S/C18H16ClN3O3S/c1-11-3-2-4-12(16(11)19)7-14-8-21-18(26-14)22-15(23)9-20-17(24)13-5-6-25-10-13/h2-6,8,10H,7,9H2,1H3,(H,20,24)(H,21,22,23). The first-order valence-electron chi connectivity index (χ1n) is 7.82. The van der Waals surface area contributed by atoms with E-state index in [2.05, 4.69) is 15.6 Å². The maximum absolute atomic E-state index is 11.9. The van der Waals surface area contributed by atoms with Crippen LogP contribution in [0.5, 0.6) is 0 Å². The van der Waals surface area contributed by atoms with Crippen LogP contribution in [0, 0.1) is 6.92 Å². The first-order valence-corrected chi connectivity index (χ1v) is 9.01. The van der Waals surface area contributed by atoms with Crippen LogP contribution >= 0.6 is 22.9 Å². The van der Waals surface area contributed by atoms with E-state index in [1.165, 1.54) is 29.9 Å². The molecule has 26 heavy (non-hydrogen) atoms. The third-order valence-corrected chi connectivity index (χ3v) is 5.08. The fourth-order valence-corrected chi connectivity index (χ4v) is 3.34. The number of hydrogen-bond donors (Lipinski definition) is 2. The van der Waals surface area contributed by atoms with E-state index in [1.54, 1.807) is 6.20 Å². The Morgan fingerprint density at radius 3 is 2.92 bits per heavy atom. The second-order valence-corrected chi connectivity index (χ2v) is 7.09. The van der Waals surface area contributed by atoms with E-state index < -0.39 is 0 Å². The number of aryl methyl sites for hydroxylation is 1. The lowest BCUT2D eigenvalue weighted by molar-refractivity contribution is -0.115. The van der Waals surface area contributed by atoms with Crippen LogP contribution in [0.25, 0.3) is 0 Å². The van der Waals surface area contributed by atoms with E-state index in [1.807, 2.05) is 25.1 Å².